The third kappa shape index (κ3) is 3.73. The molecule has 1 aromatic rings. The maximum atomic E-state index is 12.6. The van der Waals surface area contributed by atoms with Gasteiger partial charge in [0.05, 0.1) is 11.5 Å². The Bertz CT molecular complexity index is 422. The molecule has 2 rings (SSSR count). The maximum Gasteiger partial charge on any atom is 0.391 e. The first-order valence-corrected chi connectivity index (χ1v) is 6.86. The maximum absolute atomic E-state index is 12.6. The smallest absolute Gasteiger partial charge is 0.384 e. The van der Waals surface area contributed by atoms with Crippen LogP contribution in [0.3, 0.4) is 0 Å². The van der Waals surface area contributed by atoms with Gasteiger partial charge in [0.25, 0.3) is 0 Å². The number of hydrogen-bond acceptors (Lipinski definition) is 2. The summed E-state index contributed by atoms with van der Waals surface area (Å²) < 4.78 is 37.8. The molecule has 1 aromatic carbocycles. The highest BCUT2D eigenvalue weighted by Gasteiger charge is 2.41. The van der Waals surface area contributed by atoms with E-state index in [1.807, 2.05) is 35.2 Å². The van der Waals surface area contributed by atoms with Crippen LogP contribution in [-0.2, 0) is 5.60 Å². The van der Waals surface area contributed by atoms with Crippen LogP contribution in [-0.4, -0.2) is 35.8 Å². The molecule has 1 unspecified atom stereocenters. The molecule has 2 nitrogen and oxygen atoms in total. The predicted molar refractivity (Wildman–Crippen MR) is 71.2 cm³/mol. The SMILES string of the molecule is CC(O)(CN1CCC(C(F)(F)F)CC1)c1ccccc1. The van der Waals surface area contributed by atoms with E-state index in [1.165, 1.54) is 0 Å². The van der Waals surface area contributed by atoms with Gasteiger partial charge in [-0.2, -0.15) is 13.2 Å². The summed E-state index contributed by atoms with van der Waals surface area (Å²) in [6.45, 7) is 2.83. The zero-order chi connectivity index (χ0) is 14.8. The number of piperidine rings is 1. The first kappa shape index (κ1) is 15.3. The molecule has 0 bridgehead atoms. The van der Waals surface area contributed by atoms with E-state index < -0.39 is 17.7 Å². The van der Waals surface area contributed by atoms with Crippen molar-refractivity contribution in [3.05, 3.63) is 35.9 Å². The van der Waals surface area contributed by atoms with Crippen molar-refractivity contribution in [1.29, 1.82) is 0 Å². The molecule has 1 fully saturated rings. The minimum atomic E-state index is -4.09. The van der Waals surface area contributed by atoms with E-state index in [4.69, 9.17) is 0 Å². The van der Waals surface area contributed by atoms with Gasteiger partial charge in [0.2, 0.25) is 0 Å². The summed E-state index contributed by atoms with van der Waals surface area (Å²) in [6, 6.07) is 9.23. The molecule has 1 saturated heterocycles. The van der Waals surface area contributed by atoms with E-state index in [0.717, 1.165) is 5.56 Å². The van der Waals surface area contributed by atoms with Crippen LogP contribution < -0.4 is 0 Å². The van der Waals surface area contributed by atoms with Gasteiger partial charge in [0.1, 0.15) is 0 Å². The summed E-state index contributed by atoms with van der Waals surface area (Å²) >= 11 is 0. The molecule has 0 spiro atoms. The second-order valence-electron chi connectivity index (χ2n) is 5.73. The average molecular weight is 287 g/mol. The second kappa shape index (κ2) is 5.74. The van der Waals surface area contributed by atoms with E-state index in [9.17, 15) is 18.3 Å². The molecule has 1 atom stereocenters. The molecule has 0 aliphatic carbocycles. The standard InChI is InChI=1S/C15H20F3NO/c1-14(20,12-5-3-2-4-6-12)11-19-9-7-13(8-10-19)15(16,17)18/h2-6,13,20H,7-11H2,1H3. The minimum absolute atomic E-state index is 0.119. The normalized spacial score (nSPS) is 21.6. The Morgan fingerprint density at radius 3 is 2.20 bits per heavy atom. The van der Waals surface area contributed by atoms with E-state index in [2.05, 4.69) is 0 Å². The molecular formula is C15H20F3NO. The van der Waals surface area contributed by atoms with Crippen molar-refractivity contribution in [1.82, 2.24) is 4.90 Å². The second-order valence-corrected chi connectivity index (χ2v) is 5.73. The fourth-order valence-corrected chi connectivity index (χ4v) is 2.74. The van der Waals surface area contributed by atoms with E-state index in [1.54, 1.807) is 6.92 Å². The van der Waals surface area contributed by atoms with Crippen LogP contribution in [0.2, 0.25) is 0 Å². The van der Waals surface area contributed by atoms with Crippen molar-refractivity contribution in [3.8, 4) is 0 Å². The van der Waals surface area contributed by atoms with Crippen LogP contribution in [0.15, 0.2) is 30.3 Å². The quantitative estimate of drug-likeness (QED) is 0.923. The van der Waals surface area contributed by atoms with Crippen molar-refractivity contribution < 1.29 is 18.3 Å². The summed E-state index contributed by atoms with van der Waals surface area (Å²) in [4.78, 5) is 1.91. The van der Waals surface area contributed by atoms with Gasteiger partial charge in [0.15, 0.2) is 0 Å². The molecular weight excluding hydrogens is 267 g/mol. The van der Waals surface area contributed by atoms with Crippen molar-refractivity contribution in [3.63, 3.8) is 0 Å². The number of rotatable bonds is 3. The lowest BCUT2D eigenvalue weighted by Crippen LogP contribution is -2.45. The predicted octanol–water partition coefficient (Wildman–Crippen LogP) is 3.17. The number of nitrogens with zero attached hydrogens (tertiary/aromatic N) is 1. The van der Waals surface area contributed by atoms with Crippen molar-refractivity contribution in [2.45, 2.75) is 31.5 Å². The molecule has 20 heavy (non-hydrogen) atoms. The number of aliphatic hydroxyl groups is 1. The molecule has 1 heterocycles. The summed E-state index contributed by atoms with van der Waals surface area (Å²) in [6.07, 6.45) is -3.85. The Labute approximate surface area is 117 Å². The van der Waals surface area contributed by atoms with Gasteiger partial charge in [-0.25, -0.2) is 0 Å². The van der Waals surface area contributed by atoms with Gasteiger partial charge in [-0.15, -0.1) is 0 Å². The first-order valence-electron chi connectivity index (χ1n) is 6.86. The Kier molecular flexibility index (Phi) is 4.39. The Morgan fingerprint density at radius 2 is 1.70 bits per heavy atom. The van der Waals surface area contributed by atoms with E-state index >= 15 is 0 Å². The molecule has 5 heteroatoms. The first-order chi connectivity index (χ1) is 9.29. The molecule has 1 aliphatic heterocycles. The zero-order valence-corrected chi connectivity index (χ0v) is 11.5. The van der Waals surface area contributed by atoms with Crippen molar-refractivity contribution >= 4 is 0 Å². The van der Waals surface area contributed by atoms with E-state index in [-0.39, 0.29) is 12.8 Å². The lowest BCUT2D eigenvalue weighted by molar-refractivity contribution is -0.186. The Morgan fingerprint density at radius 1 is 1.15 bits per heavy atom. The minimum Gasteiger partial charge on any atom is -0.384 e. The largest absolute Gasteiger partial charge is 0.391 e. The number of β-amino-alcohol motifs (C(OH)–C–C–N with tert-alkyl or cyclic N) is 1. The lowest BCUT2D eigenvalue weighted by atomic mass is 9.92. The van der Waals surface area contributed by atoms with Crippen LogP contribution in [0.25, 0.3) is 0 Å². The Balaban J connectivity index is 1.92. The molecule has 0 aromatic heterocycles. The number of likely N-dealkylation sites (tertiary alicyclic amines) is 1. The fourth-order valence-electron chi connectivity index (χ4n) is 2.74. The number of benzene rings is 1. The van der Waals surface area contributed by atoms with Crippen LogP contribution >= 0.6 is 0 Å². The summed E-state index contributed by atoms with van der Waals surface area (Å²) in [5.74, 6) is -1.19. The topological polar surface area (TPSA) is 23.5 Å². The van der Waals surface area contributed by atoms with Crippen molar-refractivity contribution in [2.24, 2.45) is 5.92 Å². The van der Waals surface area contributed by atoms with Gasteiger partial charge < -0.3 is 10.0 Å². The van der Waals surface area contributed by atoms with Crippen LogP contribution in [0, 0.1) is 5.92 Å². The Hall–Kier alpha value is -1.07. The molecule has 1 aliphatic rings. The van der Waals surface area contributed by atoms with Crippen LogP contribution in [0.5, 0.6) is 0 Å². The summed E-state index contributed by atoms with van der Waals surface area (Å²) in [7, 11) is 0. The summed E-state index contributed by atoms with van der Waals surface area (Å²) in [5.41, 5.74) is -0.246. The van der Waals surface area contributed by atoms with Crippen molar-refractivity contribution in [2.75, 3.05) is 19.6 Å². The third-order valence-corrected chi connectivity index (χ3v) is 3.98. The number of hydrogen-bond donors (Lipinski definition) is 1. The van der Waals surface area contributed by atoms with Gasteiger partial charge >= 0.3 is 6.18 Å². The van der Waals surface area contributed by atoms with Crippen LogP contribution in [0.4, 0.5) is 13.2 Å². The van der Waals surface area contributed by atoms with Gasteiger partial charge in [-0.05, 0) is 38.4 Å². The number of alkyl halides is 3. The van der Waals surface area contributed by atoms with Gasteiger partial charge in [-0.3, -0.25) is 0 Å². The van der Waals surface area contributed by atoms with Gasteiger partial charge in [0, 0.05) is 6.54 Å². The van der Waals surface area contributed by atoms with Gasteiger partial charge in [-0.1, -0.05) is 30.3 Å². The highest BCUT2D eigenvalue weighted by Crippen LogP contribution is 2.34. The van der Waals surface area contributed by atoms with Crippen LogP contribution in [0.1, 0.15) is 25.3 Å². The zero-order valence-electron chi connectivity index (χ0n) is 11.5. The highest BCUT2D eigenvalue weighted by atomic mass is 19.4. The molecule has 0 saturated carbocycles. The molecule has 0 amide bonds. The highest BCUT2D eigenvalue weighted by molar-refractivity contribution is 5.21. The number of halogens is 3. The molecule has 1 N–H and O–H groups in total. The molecule has 0 radical (unpaired) electrons. The average Bonchev–Trinajstić information content (AvgIpc) is 2.39. The fraction of sp³-hybridized carbons (Fsp3) is 0.600. The molecule has 112 valence electrons. The third-order valence-electron chi connectivity index (χ3n) is 3.98. The van der Waals surface area contributed by atoms with E-state index in [0.29, 0.717) is 19.6 Å². The summed E-state index contributed by atoms with van der Waals surface area (Å²) in [5, 5.41) is 10.5. The lowest BCUT2D eigenvalue weighted by Gasteiger charge is -2.37. The monoisotopic (exact) mass is 287 g/mol.